The van der Waals surface area contributed by atoms with Crippen molar-refractivity contribution in [1.29, 1.82) is 0 Å². The predicted octanol–water partition coefficient (Wildman–Crippen LogP) is 3.71. The minimum absolute atomic E-state index is 0.0131. The summed E-state index contributed by atoms with van der Waals surface area (Å²) >= 11 is 2.71. The predicted molar refractivity (Wildman–Crippen MR) is 114 cm³/mol. The molecule has 2 fully saturated rings. The highest BCUT2D eigenvalue weighted by molar-refractivity contribution is 8.00. The van der Waals surface area contributed by atoms with Gasteiger partial charge in [0.15, 0.2) is 17.3 Å². The Labute approximate surface area is 181 Å². The second-order valence-corrected chi connectivity index (χ2v) is 9.56. The number of ether oxygens (including phenoxy) is 2. The standard InChI is InChI=1S/C21H20FN3O3S2/c1-11-24-13-3-4-15(27-2)19(22)18(13)20(25-11)29-9-14(26)16-5-6-17(30-16)21-7-12(8-28-21)23-10-21/h3-6,12,23H,7-10H2,1-2H3/t12-,21-/m0/s1. The zero-order valence-corrected chi connectivity index (χ0v) is 18.2. The van der Waals surface area contributed by atoms with Gasteiger partial charge < -0.3 is 14.8 Å². The quantitative estimate of drug-likeness (QED) is 0.352. The molecule has 1 N–H and O–H groups in total. The summed E-state index contributed by atoms with van der Waals surface area (Å²) in [5.41, 5.74) is 0.204. The third kappa shape index (κ3) is 3.30. The van der Waals surface area contributed by atoms with Crippen LogP contribution in [-0.2, 0) is 10.3 Å². The largest absolute Gasteiger partial charge is 0.494 e. The van der Waals surface area contributed by atoms with Crippen molar-refractivity contribution in [3.05, 3.63) is 45.7 Å². The summed E-state index contributed by atoms with van der Waals surface area (Å²) in [7, 11) is 1.42. The van der Waals surface area contributed by atoms with E-state index in [2.05, 4.69) is 15.3 Å². The Balaban J connectivity index is 1.38. The zero-order chi connectivity index (χ0) is 20.9. The molecule has 2 saturated heterocycles. The number of ketones is 1. The van der Waals surface area contributed by atoms with E-state index < -0.39 is 5.82 Å². The molecule has 0 spiro atoms. The van der Waals surface area contributed by atoms with Gasteiger partial charge in [0.1, 0.15) is 16.5 Å². The summed E-state index contributed by atoms with van der Waals surface area (Å²) in [5, 5.41) is 4.18. The van der Waals surface area contributed by atoms with E-state index in [1.165, 1.54) is 30.2 Å². The van der Waals surface area contributed by atoms with E-state index in [1.54, 1.807) is 19.1 Å². The molecule has 30 heavy (non-hydrogen) atoms. The topological polar surface area (TPSA) is 73.3 Å². The number of nitrogens with zero attached hydrogens (tertiary/aromatic N) is 2. The molecule has 0 unspecified atom stereocenters. The monoisotopic (exact) mass is 445 g/mol. The van der Waals surface area contributed by atoms with Gasteiger partial charge in [0.2, 0.25) is 0 Å². The van der Waals surface area contributed by atoms with Crippen molar-refractivity contribution in [3.8, 4) is 5.75 Å². The molecule has 2 bridgehead atoms. The van der Waals surface area contributed by atoms with Crippen LogP contribution in [0.1, 0.15) is 26.8 Å². The van der Waals surface area contributed by atoms with Gasteiger partial charge in [-0.25, -0.2) is 14.4 Å². The van der Waals surface area contributed by atoms with Crippen LogP contribution in [0.4, 0.5) is 4.39 Å². The molecule has 0 aliphatic carbocycles. The summed E-state index contributed by atoms with van der Waals surface area (Å²) < 4.78 is 25.9. The van der Waals surface area contributed by atoms with Gasteiger partial charge in [-0.2, -0.15) is 0 Å². The van der Waals surface area contributed by atoms with Gasteiger partial charge in [-0.05, 0) is 31.2 Å². The molecule has 6 nitrogen and oxygen atoms in total. The Morgan fingerprint density at radius 1 is 1.40 bits per heavy atom. The molecule has 9 heteroatoms. The van der Waals surface area contributed by atoms with E-state index in [0.29, 0.717) is 33.9 Å². The van der Waals surface area contributed by atoms with Crippen LogP contribution in [0.5, 0.6) is 5.75 Å². The number of hydrogen-bond acceptors (Lipinski definition) is 8. The van der Waals surface area contributed by atoms with Crippen LogP contribution < -0.4 is 10.1 Å². The maximum Gasteiger partial charge on any atom is 0.183 e. The molecule has 3 aromatic rings. The second kappa shape index (κ2) is 7.56. The molecular formula is C21H20FN3O3S2. The summed E-state index contributed by atoms with van der Waals surface area (Å²) in [4.78, 5) is 23.3. The summed E-state index contributed by atoms with van der Waals surface area (Å²) in [5.74, 6) is 0.299. The van der Waals surface area contributed by atoms with Gasteiger partial charge in [-0.3, -0.25) is 4.79 Å². The van der Waals surface area contributed by atoms with Gasteiger partial charge in [0, 0.05) is 23.9 Å². The number of nitrogens with one attached hydrogen (secondary N) is 1. The van der Waals surface area contributed by atoms with Gasteiger partial charge in [-0.1, -0.05) is 11.8 Å². The van der Waals surface area contributed by atoms with Gasteiger partial charge in [0.25, 0.3) is 0 Å². The Morgan fingerprint density at radius 3 is 2.97 bits per heavy atom. The number of benzene rings is 1. The van der Waals surface area contributed by atoms with Crippen LogP contribution in [0.3, 0.4) is 0 Å². The number of hydrogen-bond donors (Lipinski definition) is 1. The number of aryl methyl sites for hydroxylation is 1. The molecule has 4 heterocycles. The third-order valence-corrected chi connectivity index (χ3v) is 7.83. The summed E-state index contributed by atoms with van der Waals surface area (Å²) in [6.07, 6.45) is 0.948. The number of methoxy groups -OCH3 is 1. The van der Waals surface area contributed by atoms with Crippen LogP contribution >= 0.6 is 23.1 Å². The number of fused-ring (bicyclic) bond motifs is 3. The first-order chi connectivity index (χ1) is 14.5. The maximum atomic E-state index is 14.8. The first-order valence-corrected chi connectivity index (χ1v) is 11.4. The van der Waals surface area contributed by atoms with Crippen molar-refractivity contribution < 1.29 is 18.7 Å². The van der Waals surface area contributed by atoms with Crippen molar-refractivity contribution >= 4 is 39.8 Å². The SMILES string of the molecule is COc1ccc2nc(C)nc(SCC(=O)c3ccc([C@]45CN[C@H](CO4)C5)s3)c2c1F. The second-order valence-electron chi connectivity index (χ2n) is 7.51. The highest BCUT2D eigenvalue weighted by Crippen LogP contribution is 2.43. The fraction of sp³-hybridized carbons (Fsp3) is 0.381. The molecule has 0 radical (unpaired) electrons. The Hall–Kier alpha value is -2.07. The highest BCUT2D eigenvalue weighted by Gasteiger charge is 2.48. The molecule has 2 atom stereocenters. The fourth-order valence-corrected chi connectivity index (χ4v) is 6.19. The van der Waals surface area contributed by atoms with Crippen LogP contribution in [-0.4, -0.2) is 47.8 Å². The molecule has 2 aromatic heterocycles. The minimum Gasteiger partial charge on any atom is -0.494 e. The van der Waals surface area contributed by atoms with E-state index in [9.17, 15) is 9.18 Å². The fourth-order valence-electron chi connectivity index (χ4n) is 4.04. The highest BCUT2D eigenvalue weighted by atomic mass is 32.2. The van der Waals surface area contributed by atoms with Crippen LogP contribution in [0.25, 0.3) is 10.9 Å². The molecular weight excluding hydrogens is 425 g/mol. The lowest BCUT2D eigenvalue weighted by Crippen LogP contribution is -2.36. The number of rotatable bonds is 6. The first-order valence-electron chi connectivity index (χ1n) is 9.63. The number of carbonyl (C=O) groups is 1. The zero-order valence-electron chi connectivity index (χ0n) is 16.5. The minimum atomic E-state index is -0.510. The molecule has 0 saturated carbocycles. The van der Waals surface area contributed by atoms with Crippen molar-refractivity contribution in [2.45, 2.75) is 30.0 Å². The van der Waals surface area contributed by atoms with Crippen LogP contribution in [0, 0.1) is 12.7 Å². The van der Waals surface area contributed by atoms with E-state index in [4.69, 9.17) is 9.47 Å². The maximum absolute atomic E-state index is 14.8. The third-order valence-electron chi connectivity index (χ3n) is 5.55. The number of carbonyl (C=O) groups excluding carboxylic acids is 1. The number of aromatic nitrogens is 2. The molecule has 5 rings (SSSR count). The van der Waals surface area contributed by atoms with E-state index in [-0.39, 0.29) is 28.3 Å². The van der Waals surface area contributed by atoms with Crippen LogP contribution in [0.2, 0.25) is 0 Å². The normalized spacial score (nSPS) is 22.7. The van der Waals surface area contributed by atoms with Crippen molar-refractivity contribution in [2.24, 2.45) is 0 Å². The Bertz CT molecular complexity index is 1140. The first kappa shape index (κ1) is 19.9. The van der Waals surface area contributed by atoms with Crippen molar-refractivity contribution in [3.63, 3.8) is 0 Å². The lowest BCUT2D eigenvalue weighted by Gasteiger charge is -2.25. The number of thiophene rings is 1. The summed E-state index contributed by atoms with van der Waals surface area (Å²) in [6.45, 7) is 3.25. The van der Waals surface area contributed by atoms with Gasteiger partial charge in [0.05, 0.1) is 35.2 Å². The number of halogens is 1. The van der Waals surface area contributed by atoms with Crippen molar-refractivity contribution in [1.82, 2.24) is 15.3 Å². The van der Waals surface area contributed by atoms with E-state index in [0.717, 1.165) is 17.8 Å². The molecule has 2 aliphatic rings. The molecule has 0 amide bonds. The summed E-state index contributed by atoms with van der Waals surface area (Å²) in [6, 6.07) is 7.51. The number of Topliss-reactive ketones (excluding diaryl/α,β-unsaturated/α-hetero) is 1. The average molecular weight is 446 g/mol. The van der Waals surface area contributed by atoms with Crippen LogP contribution in [0.15, 0.2) is 29.3 Å². The van der Waals surface area contributed by atoms with Gasteiger partial charge in [-0.15, -0.1) is 11.3 Å². The molecule has 156 valence electrons. The Kier molecular flexibility index (Phi) is 5.01. The molecule has 1 aromatic carbocycles. The Morgan fingerprint density at radius 2 is 2.27 bits per heavy atom. The average Bonchev–Trinajstić information content (AvgIpc) is 3.48. The van der Waals surface area contributed by atoms with E-state index >= 15 is 0 Å². The van der Waals surface area contributed by atoms with Crippen molar-refractivity contribution in [2.75, 3.05) is 26.0 Å². The van der Waals surface area contributed by atoms with E-state index in [1.807, 2.05) is 12.1 Å². The molecule has 2 aliphatic heterocycles. The lowest BCUT2D eigenvalue weighted by molar-refractivity contribution is -0.00683. The smallest absolute Gasteiger partial charge is 0.183 e. The van der Waals surface area contributed by atoms with Gasteiger partial charge >= 0.3 is 0 Å². The number of thioether (sulfide) groups is 1. The lowest BCUT2D eigenvalue weighted by atomic mass is 10.0. The number of morpholine rings is 1.